The van der Waals surface area contributed by atoms with Crippen LogP contribution in [0.2, 0.25) is 5.02 Å². The maximum absolute atomic E-state index is 11.3. The fourth-order valence-corrected chi connectivity index (χ4v) is 3.62. The van der Waals surface area contributed by atoms with Crippen molar-refractivity contribution < 1.29 is 14.4 Å². The summed E-state index contributed by atoms with van der Waals surface area (Å²) in [4.78, 5) is 19.6. The highest BCUT2D eigenvalue weighted by Crippen LogP contribution is 2.40. The van der Waals surface area contributed by atoms with Gasteiger partial charge in [-0.3, -0.25) is 15.1 Å². The molecule has 4 rings (SSSR count). The lowest BCUT2D eigenvalue weighted by Crippen LogP contribution is -1.99. The molecule has 0 aliphatic carbocycles. The summed E-state index contributed by atoms with van der Waals surface area (Å²) in [6, 6.07) is 13.0. The van der Waals surface area contributed by atoms with Crippen molar-refractivity contribution in [1.82, 2.24) is 4.98 Å². The van der Waals surface area contributed by atoms with E-state index in [1.54, 1.807) is 25.1 Å². The normalized spacial score (nSPS) is 11.5. The first-order valence-corrected chi connectivity index (χ1v) is 9.82. The molecule has 156 valence electrons. The SMILES string of the molecule is Cc1ccccc1-c1nc2cc(N=Cc3c(C)c(Cl)c(C)c([N+](=O)[O-])c3O)ccc2o1. The minimum Gasteiger partial charge on any atom is -0.502 e. The monoisotopic (exact) mass is 435 g/mol. The topological polar surface area (TPSA) is 102 Å². The van der Waals surface area contributed by atoms with Gasteiger partial charge in [-0.05, 0) is 56.2 Å². The molecule has 0 atom stereocenters. The highest BCUT2D eigenvalue weighted by Gasteiger charge is 2.25. The molecule has 0 unspecified atom stereocenters. The molecule has 3 aromatic carbocycles. The van der Waals surface area contributed by atoms with Crippen LogP contribution in [-0.2, 0) is 0 Å². The fraction of sp³-hybridized carbons (Fsp3) is 0.130. The van der Waals surface area contributed by atoms with Crippen molar-refractivity contribution >= 4 is 40.3 Å². The van der Waals surface area contributed by atoms with E-state index in [1.165, 1.54) is 13.1 Å². The smallest absolute Gasteiger partial charge is 0.315 e. The molecule has 0 bridgehead atoms. The molecular formula is C23H18ClN3O4. The van der Waals surface area contributed by atoms with Crippen molar-refractivity contribution in [2.24, 2.45) is 4.99 Å². The number of hydrogen-bond donors (Lipinski definition) is 1. The Morgan fingerprint density at radius 3 is 2.61 bits per heavy atom. The summed E-state index contributed by atoms with van der Waals surface area (Å²) >= 11 is 6.24. The number of aromatic hydroxyl groups is 1. The van der Waals surface area contributed by atoms with E-state index < -0.39 is 16.4 Å². The summed E-state index contributed by atoms with van der Waals surface area (Å²) in [5.41, 5.74) is 4.25. The third-order valence-corrected chi connectivity index (χ3v) is 5.74. The number of aliphatic imine (C=N–C) groups is 1. The number of benzene rings is 3. The lowest BCUT2D eigenvalue weighted by molar-refractivity contribution is -0.386. The van der Waals surface area contributed by atoms with Gasteiger partial charge in [-0.2, -0.15) is 0 Å². The number of phenols is 1. The molecule has 0 saturated carbocycles. The van der Waals surface area contributed by atoms with Crippen molar-refractivity contribution in [2.45, 2.75) is 20.8 Å². The molecule has 0 spiro atoms. The predicted octanol–water partition coefficient (Wildman–Crippen LogP) is 6.44. The van der Waals surface area contributed by atoms with E-state index in [-0.39, 0.29) is 16.1 Å². The Kier molecular flexibility index (Phi) is 5.20. The number of phenolic OH excluding ortho intramolecular Hbond substituents is 1. The first kappa shape index (κ1) is 20.6. The van der Waals surface area contributed by atoms with Crippen LogP contribution >= 0.6 is 11.6 Å². The molecule has 8 heteroatoms. The number of rotatable bonds is 4. The zero-order valence-corrected chi connectivity index (χ0v) is 17.8. The third-order valence-electron chi connectivity index (χ3n) is 5.17. The van der Waals surface area contributed by atoms with Gasteiger partial charge in [0.2, 0.25) is 11.6 Å². The summed E-state index contributed by atoms with van der Waals surface area (Å²) in [7, 11) is 0. The quantitative estimate of drug-likeness (QED) is 0.226. The second-order valence-electron chi connectivity index (χ2n) is 7.18. The van der Waals surface area contributed by atoms with Crippen molar-refractivity contribution in [3.05, 3.63) is 79.9 Å². The average Bonchev–Trinajstić information content (AvgIpc) is 3.15. The van der Waals surface area contributed by atoms with E-state index in [9.17, 15) is 15.2 Å². The van der Waals surface area contributed by atoms with Gasteiger partial charge in [0.25, 0.3) is 0 Å². The lowest BCUT2D eigenvalue weighted by atomic mass is 10.0. The Morgan fingerprint density at radius 1 is 1.16 bits per heavy atom. The molecule has 0 fully saturated rings. The van der Waals surface area contributed by atoms with E-state index in [0.29, 0.717) is 28.2 Å². The molecule has 0 amide bonds. The molecule has 4 aromatic rings. The van der Waals surface area contributed by atoms with E-state index in [4.69, 9.17) is 16.0 Å². The fourth-order valence-electron chi connectivity index (χ4n) is 3.43. The summed E-state index contributed by atoms with van der Waals surface area (Å²) < 4.78 is 5.87. The second kappa shape index (κ2) is 7.85. The number of halogens is 1. The Morgan fingerprint density at radius 2 is 1.90 bits per heavy atom. The van der Waals surface area contributed by atoms with Gasteiger partial charge in [-0.25, -0.2) is 4.98 Å². The van der Waals surface area contributed by atoms with Crippen molar-refractivity contribution in [2.75, 3.05) is 0 Å². The molecule has 0 aliphatic heterocycles. The summed E-state index contributed by atoms with van der Waals surface area (Å²) in [5, 5.41) is 22.0. The maximum Gasteiger partial charge on any atom is 0.315 e. The molecule has 7 nitrogen and oxygen atoms in total. The molecule has 0 radical (unpaired) electrons. The number of aryl methyl sites for hydroxylation is 1. The second-order valence-corrected chi connectivity index (χ2v) is 7.55. The largest absolute Gasteiger partial charge is 0.502 e. The number of oxazole rings is 1. The Hall–Kier alpha value is -3.71. The minimum absolute atomic E-state index is 0.197. The van der Waals surface area contributed by atoms with Crippen LogP contribution in [0.3, 0.4) is 0 Å². The van der Waals surface area contributed by atoms with Gasteiger partial charge in [0.05, 0.1) is 15.6 Å². The Labute approximate surface area is 182 Å². The molecule has 0 saturated heterocycles. The van der Waals surface area contributed by atoms with E-state index in [0.717, 1.165) is 11.1 Å². The number of nitro groups is 1. The van der Waals surface area contributed by atoms with Gasteiger partial charge < -0.3 is 9.52 Å². The van der Waals surface area contributed by atoms with Crippen LogP contribution in [0.15, 0.2) is 51.9 Å². The first-order chi connectivity index (χ1) is 14.8. The number of nitro benzene ring substituents is 1. The van der Waals surface area contributed by atoms with Gasteiger partial charge in [0.1, 0.15) is 5.52 Å². The van der Waals surface area contributed by atoms with E-state index in [1.807, 2.05) is 31.2 Å². The van der Waals surface area contributed by atoms with Gasteiger partial charge >= 0.3 is 5.69 Å². The van der Waals surface area contributed by atoms with Crippen molar-refractivity contribution in [3.63, 3.8) is 0 Å². The Balaban J connectivity index is 1.74. The Bertz CT molecular complexity index is 1380. The standard InChI is InChI=1S/C23H18ClN3O4/c1-12-6-4-5-7-16(12)23-26-18-10-15(8-9-19(18)31-23)25-11-17-13(2)20(24)14(3)21(22(17)28)27(29)30/h4-11,28H,1-3H3. The molecular weight excluding hydrogens is 418 g/mol. The number of nitrogens with zero attached hydrogens (tertiary/aromatic N) is 3. The number of hydrogen-bond acceptors (Lipinski definition) is 6. The summed E-state index contributed by atoms with van der Waals surface area (Å²) in [5.74, 6) is 0.0566. The third kappa shape index (κ3) is 3.64. The van der Waals surface area contributed by atoms with Crippen LogP contribution < -0.4 is 0 Å². The first-order valence-electron chi connectivity index (χ1n) is 9.44. The minimum atomic E-state index is -0.651. The van der Waals surface area contributed by atoms with Crippen molar-refractivity contribution in [1.29, 1.82) is 0 Å². The predicted molar refractivity (Wildman–Crippen MR) is 121 cm³/mol. The van der Waals surface area contributed by atoms with Gasteiger partial charge in [-0.15, -0.1) is 0 Å². The molecule has 1 aromatic heterocycles. The van der Waals surface area contributed by atoms with Gasteiger partial charge in [-0.1, -0.05) is 29.8 Å². The highest BCUT2D eigenvalue weighted by atomic mass is 35.5. The number of aromatic nitrogens is 1. The zero-order valence-electron chi connectivity index (χ0n) is 17.0. The summed E-state index contributed by atoms with van der Waals surface area (Å²) in [6.07, 6.45) is 1.37. The van der Waals surface area contributed by atoms with Gasteiger partial charge in [0.15, 0.2) is 5.58 Å². The van der Waals surface area contributed by atoms with Gasteiger partial charge in [0, 0.05) is 22.9 Å². The van der Waals surface area contributed by atoms with E-state index in [2.05, 4.69) is 9.98 Å². The van der Waals surface area contributed by atoms with Crippen LogP contribution in [0.1, 0.15) is 22.3 Å². The molecule has 31 heavy (non-hydrogen) atoms. The van der Waals surface area contributed by atoms with Crippen LogP contribution in [0.25, 0.3) is 22.6 Å². The van der Waals surface area contributed by atoms with Crippen LogP contribution in [-0.4, -0.2) is 21.2 Å². The molecule has 1 N–H and O–H groups in total. The maximum atomic E-state index is 11.3. The number of fused-ring (bicyclic) bond motifs is 1. The highest BCUT2D eigenvalue weighted by molar-refractivity contribution is 6.33. The molecule has 0 aliphatic rings. The zero-order chi connectivity index (χ0) is 22.3. The average molecular weight is 436 g/mol. The van der Waals surface area contributed by atoms with Crippen LogP contribution in [0.5, 0.6) is 5.75 Å². The molecule has 1 heterocycles. The van der Waals surface area contributed by atoms with Crippen LogP contribution in [0, 0.1) is 30.9 Å². The van der Waals surface area contributed by atoms with Crippen molar-refractivity contribution in [3.8, 4) is 17.2 Å². The summed E-state index contributed by atoms with van der Waals surface area (Å²) in [6.45, 7) is 5.16. The van der Waals surface area contributed by atoms with E-state index >= 15 is 0 Å². The van der Waals surface area contributed by atoms with Crippen LogP contribution in [0.4, 0.5) is 11.4 Å². The lowest BCUT2D eigenvalue weighted by Gasteiger charge is -2.10.